The predicted molar refractivity (Wildman–Crippen MR) is 73.4 cm³/mol. The van der Waals surface area contributed by atoms with Gasteiger partial charge in [0, 0.05) is 12.2 Å². The number of ether oxygens (including phenoxy) is 1. The van der Waals surface area contributed by atoms with E-state index >= 15 is 0 Å². The number of rotatable bonds is 4. The highest BCUT2D eigenvalue weighted by Crippen LogP contribution is 2.15. The molecule has 0 aromatic heterocycles. The molecule has 0 radical (unpaired) electrons. The zero-order chi connectivity index (χ0) is 14.5. The maximum Gasteiger partial charge on any atom is 0.407 e. The third-order valence-electron chi connectivity index (χ3n) is 2.40. The Balaban J connectivity index is 2.31. The van der Waals surface area contributed by atoms with Gasteiger partial charge in [-0.1, -0.05) is 0 Å². The second kappa shape index (κ2) is 6.41. The molecule has 0 aliphatic carbocycles. The monoisotopic (exact) mass is 268 g/mol. The zero-order valence-electron chi connectivity index (χ0n) is 11.6. The molecular formula is C14H21FN2O2. The summed E-state index contributed by atoms with van der Waals surface area (Å²) in [5, 5.41) is 2.65. The number of nitrogen functional groups attached to an aromatic ring is 1. The fourth-order valence-corrected chi connectivity index (χ4v) is 1.57. The minimum atomic E-state index is -0.503. The molecule has 0 aliphatic heterocycles. The van der Waals surface area contributed by atoms with Crippen molar-refractivity contribution in [1.82, 2.24) is 5.32 Å². The van der Waals surface area contributed by atoms with Crippen LogP contribution < -0.4 is 11.1 Å². The number of benzene rings is 1. The van der Waals surface area contributed by atoms with Crippen molar-refractivity contribution in [3.05, 3.63) is 29.6 Å². The van der Waals surface area contributed by atoms with Gasteiger partial charge in [-0.05, 0) is 57.4 Å². The Morgan fingerprint density at radius 2 is 2.11 bits per heavy atom. The van der Waals surface area contributed by atoms with E-state index < -0.39 is 11.7 Å². The zero-order valence-corrected chi connectivity index (χ0v) is 11.6. The van der Waals surface area contributed by atoms with Gasteiger partial charge in [-0.2, -0.15) is 0 Å². The van der Waals surface area contributed by atoms with Crippen molar-refractivity contribution in [2.24, 2.45) is 0 Å². The van der Waals surface area contributed by atoms with Crippen LogP contribution in [0.4, 0.5) is 14.9 Å². The van der Waals surface area contributed by atoms with Crippen molar-refractivity contribution in [2.75, 3.05) is 12.3 Å². The van der Waals surface area contributed by atoms with Crippen molar-refractivity contribution < 1.29 is 13.9 Å². The van der Waals surface area contributed by atoms with Gasteiger partial charge in [0.2, 0.25) is 0 Å². The van der Waals surface area contributed by atoms with E-state index in [-0.39, 0.29) is 5.82 Å². The summed E-state index contributed by atoms with van der Waals surface area (Å²) in [7, 11) is 0. The standard InChI is InChI=1S/C14H21FN2O2/c1-14(2,3)19-13(18)17-8-4-5-10-9-11(15)6-7-12(10)16/h6-7,9H,4-5,8,16H2,1-3H3,(H,17,18). The summed E-state index contributed by atoms with van der Waals surface area (Å²) in [6.45, 7) is 5.88. The number of carbonyl (C=O) groups is 1. The van der Waals surface area contributed by atoms with Crippen LogP contribution in [0.15, 0.2) is 18.2 Å². The number of amides is 1. The highest BCUT2D eigenvalue weighted by Gasteiger charge is 2.15. The molecule has 0 fully saturated rings. The molecule has 0 saturated carbocycles. The first-order valence-corrected chi connectivity index (χ1v) is 6.29. The number of hydrogen-bond donors (Lipinski definition) is 2. The maximum atomic E-state index is 13.0. The minimum absolute atomic E-state index is 0.302. The first kappa shape index (κ1) is 15.3. The lowest BCUT2D eigenvalue weighted by Crippen LogP contribution is -2.33. The molecular weight excluding hydrogens is 247 g/mol. The quantitative estimate of drug-likeness (QED) is 0.652. The van der Waals surface area contributed by atoms with Crippen molar-refractivity contribution in [1.29, 1.82) is 0 Å². The summed E-state index contributed by atoms with van der Waals surface area (Å²) in [6, 6.07) is 4.30. The Morgan fingerprint density at radius 3 is 2.74 bits per heavy atom. The van der Waals surface area contributed by atoms with E-state index in [2.05, 4.69) is 5.32 Å². The van der Waals surface area contributed by atoms with E-state index in [0.29, 0.717) is 25.1 Å². The lowest BCUT2D eigenvalue weighted by atomic mass is 10.1. The summed E-state index contributed by atoms with van der Waals surface area (Å²) in [5.41, 5.74) is 6.56. The highest BCUT2D eigenvalue weighted by atomic mass is 19.1. The van der Waals surface area contributed by atoms with E-state index in [4.69, 9.17) is 10.5 Å². The number of halogens is 1. The molecule has 0 aliphatic rings. The van der Waals surface area contributed by atoms with Gasteiger partial charge in [-0.25, -0.2) is 9.18 Å². The van der Waals surface area contributed by atoms with Crippen LogP contribution in [-0.4, -0.2) is 18.2 Å². The largest absolute Gasteiger partial charge is 0.444 e. The van der Waals surface area contributed by atoms with E-state index in [1.807, 2.05) is 0 Å². The minimum Gasteiger partial charge on any atom is -0.444 e. The van der Waals surface area contributed by atoms with E-state index in [9.17, 15) is 9.18 Å². The first-order valence-electron chi connectivity index (χ1n) is 6.29. The second-order valence-electron chi connectivity index (χ2n) is 5.38. The van der Waals surface area contributed by atoms with Gasteiger partial charge in [0.05, 0.1) is 0 Å². The lowest BCUT2D eigenvalue weighted by Gasteiger charge is -2.19. The van der Waals surface area contributed by atoms with E-state index in [1.54, 1.807) is 26.8 Å². The van der Waals surface area contributed by atoms with Crippen LogP contribution in [0.25, 0.3) is 0 Å². The van der Waals surface area contributed by atoms with Crippen molar-refractivity contribution in [2.45, 2.75) is 39.2 Å². The molecule has 0 bridgehead atoms. The molecule has 1 aromatic rings. The van der Waals surface area contributed by atoms with Crippen LogP contribution in [0.1, 0.15) is 32.8 Å². The summed E-state index contributed by atoms with van der Waals surface area (Å²) in [6.07, 6.45) is 0.839. The SMILES string of the molecule is CC(C)(C)OC(=O)NCCCc1cc(F)ccc1N. The van der Waals surface area contributed by atoms with Crippen molar-refractivity contribution in [3.8, 4) is 0 Å². The maximum absolute atomic E-state index is 13.0. The number of nitrogens with one attached hydrogen (secondary N) is 1. The Kier molecular flexibility index (Phi) is 5.15. The molecule has 0 heterocycles. The molecule has 3 N–H and O–H groups in total. The Labute approximate surface area is 113 Å². The first-order chi connectivity index (χ1) is 8.78. The molecule has 19 heavy (non-hydrogen) atoms. The number of aryl methyl sites for hydroxylation is 1. The fraction of sp³-hybridized carbons (Fsp3) is 0.500. The molecule has 0 unspecified atom stereocenters. The van der Waals surface area contributed by atoms with Crippen molar-refractivity contribution in [3.63, 3.8) is 0 Å². The molecule has 1 aromatic carbocycles. The van der Waals surface area contributed by atoms with Gasteiger partial charge in [-0.15, -0.1) is 0 Å². The number of alkyl carbamates (subject to hydrolysis) is 1. The number of carbonyl (C=O) groups excluding carboxylic acids is 1. The molecule has 1 rings (SSSR count). The summed E-state index contributed by atoms with van der Waals surface area (Å²) < 4.78 is 18.1. The number of hydrogen-bond acceptors (Lipinski definition) is 3. The van der Waals surface area contributed by atoms with E-state index in [1.165, 1.54) is 12.1 Å². The van der Waals surface area contributed by atoms with Crippen LogP contribution in [0, 0.1) is 5.82 Å². The van der Waals surface area contributed by atoms with Crippen LogP contribution in [0.3, 0.4) is 0 Å². The summed E-state index contributed by atoms with van der Waals surface area (Å²) in [4.78, 5) is 11.4. The molecule has 4 nitrogen and oxygen atoms in total. The average Bonchev–Trinajstić information content (AvgIpc) is 2.26. The summed E-state index contributed by atoms with van der Waals surface area (Å²) >= 11 is 0. The second-order valence-corrected chi connectivity index (χ2v) is 5.38. The average molecular weight is 268 g/mol. The predicted octanol–water partition coefficient (Wildman–Crippen LogP) is 2.87. The van der Waals surface area contributed by atoms with Gasteiger partial charge in [-0.3, -0.25) is 0 Å². The molecule has 0 atom stereocenters. The molecule has 0 spiro atoms. The van der Waals surface area contributed by atoms with Gasteiger partial charge >= 0.3 is 6.09 Å². The molecule has 0 saturated heterocycles. The van der Waals surface area contributed by atoms with Gasteiger partial charge in [0.15, 0.2) is 0 Å². The third-order valence-corrected chi connectivity index (χ3v) is 2.40. The molecule has 1 amide bonds. The summed E-state index contributed by atoms with van der Waals surface area (Å²) in [5.74, 6) is -0.302. The lowest BCUT2D eigenvalue weighted by molar-refractivity contribution is 0.0527. The molecule has 5 heteroatoms. The van der Waals surface area contributed by atoms with Crippen LogP contribution in [0.2, 0.25) is 0 Å². The van der Waals surface area contributed by atoms with E-state index in [0.717, 1.165) is 5.56 Å². The van der Waals surface area contributed by atoms with Gasteiger partial charge in [0.25, 0.3) is 0 Å². The third kappa shape index (κ3) is 6.08. The Bertz CT molecular complexity index is 442. The normalized spacial score (nSPS) is 11.2. The van der Waals surface area contributed by atoms with Crippen LogP contribution in [0.5, 0.6) is 0 Å². The number of nitrogens with two attached hydrogens (primary N) is 1. The topological polar surface area (TPSA) is 64.3 Å². The fourth-order valence-electron chi connectivity index (χ4n) is 1.57. The number of anilines is 1. The Morgan fingerprint density at radius 1 is 1.42 bits per heavy atom. The van der Waals surface area contributed by atoms with Gasteiger partial charge < -0.3 is 15.8 Å². The smallest absolute Gasteiger partial charge is 0.407 e. The van der Waals surface area contributed by atoms with Gasteiger partial charge in [0.1, 0.15) is 11.4 Å². The molecule has 106 valence electrons. The Hall–Kier alpha value is -1.78. The van der Waals surface area contributed by atoms with Crippen LogP contribution in [-0.2, 0) is 11.2 Å². The highest BCUT2D eigenvalue weighted by molar-refractivity contribution is 5.67. The van der Waals surface area contributed by atoms with Crippen LogP contribution >= 0.6 is 0 Å². The van der Waals surface area contributed by atoms with Crippen molar-refractivity contribution >= 4 is 11.8 Å².